The molecule has 1 aromatic carbocycles. The van der Waals surface area contributed by atoms with Crippen LogP contribution in [-0.4, -0.2) is 81.9 Å². The van der Waals surface area contributed by atoms with Crippen molar-refractivity contribution in [2.45, 2.75) is 39.2 Å². The molecule has 0 spiro atoms. The number of halogens is 4. The van der Waals surface area contributed by atoms with Crippen LogP contribution in [0, 0.1) is 0 Å². The molecule has 1 aromatic rings. The summed E-state index contributed by atoms with van der Waals surface area (Å²) in [7, 11) is 2.13. The molecule has 1 aliphatic heterocycles. The average Bonchev–Trinajstić information content (AvgIpc) is 2.84. The van der Waals surface area contributed by atoms with Crippen LogP contribution in [0.1, 0.15) is 32.8 Å². The summed E-state index contributed by atoms with van der Waals surface area (Å²) < 4.78 is 45.9. The fourth-order valence-corrected chi connectivity index (χ4v) is 4.55. The Morgan fingerprint density at radius 3 is 1.89 bits per heavy atom. The Bertz CT molecular complexity index is 894. The third-order valence-corrected chi connectivity index (χ3v) is 6.35. The summed E-state index contributed by atoms with van der Waals surface area (Å²) in [5, 5.41) is 11.7. The van der Waals surface area contributed by atoms with Crippen molar-refractivity contribution in [3.8, 4) is 0 Å². The van der Waals surface area contributed by atoms with Gasteiger partial charge in [-0.05, 0) is 57.5 Å². The molecular formula is C25H35B2F4N2O2Zn+. The summed E-state index contributed by atoms with van der Waals surface area (Å²) in [5.74, 6) is 0.470. The van der Waals surface area contributed by atoms with E-state index in [2.05, 4.69) is 80.8 Å². The Kier molecular flexibility index (Phi) is 16.9. The zero-order valence-electron chi connectivity index (χ0n) is 21.9. The van der Waals surface area contributed by atoms with Crippen molar-refractivity contribution < 1.29 is 51.2 Å². The van der Waals surface area contributed by atoms with E-state index in [1.807, 2.05) is 6.07 Å². The quantitative estimate of drug-likeness (QED) is 0.238. The van der Waals surface area contributed by atoms with Crippen molar-refractivity contribution in [3.05, 3.63) is 70.5 Å². The summed E-state index contributed by atoms with van der Waals surface area (Å²) in [6.45, 7) is 9.76. The Labute approximate surface area is 227 Å². The van der Waals surface area contributed by atoms with Gasteiger partial charge in [-0.1, -0.05) is 37.3 Å². The van der Waals surface area contributed by atoms with Gasteiger partial charge < -0.3 is 9.84 Å². The van der Waals surface area contributed by atoms with E-state index in [9.17, 15) is 22.4 Å². The summed E-state index contributed by atoms with van der Waals surface area (Å²) >= 11 is 0. The first-order valence-corrected chi connectivity index (χ1v) is 11.5. The van der Waals surface area contributed by atoms with E-state index in [1.165, 1.54) is 11.3 Å². The van der Waals surface area contributed by atoms with Gasteiger partial charge in [0.2, 0.25) is 5.71 Å². The molecule has 1 atom stereocenters. The topological polar surface area (TPSA) is 35.7 Å². The number of likely N-dealkylation sites (N-methyl/N-ethyl adjacent to an activating group) is 1. The van der Waals surface area contributed by atoms with Crippen LogP contribution >= 0.6 is 0 Å². The van der Waals surface area contributed by atoms with Crippen LogP contribution in [0.15, 0.2) is 65.0 Å². The van der Waals surface area contributed by atoms with Crippen molar-refractivity contribution in [3.63, 3.8) is 0 Å². The summed E-state index contributed by atoms with van der Waals surface area (Å²) in [5.41, 5.74) is 5.23. The van der Waals surface area contributed by atoms with Gasteiger partial charge in [-0.15, -0.1) is 0 Å². The average molecular weight is 559 g/mol. The van der Waals surface area contributed by atoms with Gasteiger partial charge in [0.15, 0.2) is 13.1 Å². The van der Waals surface area contributed by atoms with Crippen LogP contribution in [0.2, 0.25) is 0 Å². The Balaban J connectivity index is 0.00000159. The number of benzene rings is 1. The maximum absolute atomic E-state index is 11.7. The second-order valence-corrected chi connectivity index (χ2v) is 8.51. The maximum atomic E-state index is 11.7. The number of allylic oxidation sites excluding steroid dienone is 5. The van der Waals surface area contributed by atoms with Crippen molar-refractivity contribution in [1.29, 1.82) is 0 Å². The van der Waals surface area contributed by atoms with E-state index >= 15 is 0 Å². The van der Waals surface area contributed by atoms with Crippen LogP contribution in [0.4, 0.5) is 17.3 Å². The zero-order valence-corrected chi connectivity index (χ0v) is 24.9. The predicted molar refractivity (Wildman–Crippen MR) is 136 cm³/mol. The van der Waals surface area contributed by atoms with Crippen molar-refractivity contribution in [2.24, 2.45) is 0 Å². The van der Waals surface area contributed by atoms with Crippen molar-refractivity contribution in [1.82, 2.24) is 4.90 Å². The van der Waals surface area contributed by atoms with Gasteiger partial charge >= 0.3 is 15.7 Å². The molecular weight excluding hydrogens is 523 g/mol. The van der Waals surface area contributed by atoms with Crippen LogP contribution in [0.25, 0.3) is 0 Å². The zero-order chi connectivity index (χ0) is 26.4. The second kappa shape index (κ2) is 17.7. The van der Waals surface area contributed by atoms with Gasteiger partial charge in [-0.25, -0.2) is 4.58 Å². The van der Waals surface area contributed by atoms with E-state index in [0.29, 0.717) is 5.76 Å². The minimum Gasteiger partial charge on any atom is -0.510 e. The van der Waals surface area contributed by atoms with Gasteiger partial charge in [0.25, 0.3) is 0 Å². The minimum atomic E-state index is -1.00. The van der Waals surface area contributed by atoms with Gasteiger partial charge in [0.05, 0.1) is 5.54 Å². The van der Waals surface area contributed by atoms with Crippen LogP contribution in [0.3, 0.4) is 0 Å². The summed E-state index contributed by atoms with van der Waals surface area (Å²) in [4.78, 5) is 2.17. The molecule has 1 aliphatic carbocycles. The van der Waals surface area contributed by atoms with Crippen molar-refractivity contribution >= 4 is 21.4 Å². The molecule has 1 unspecified atom stereocenters. The van der Waals surface area contributed by atoms with E-state index in [-0.39, 0.29) is 19.5 Å². The first kappa shape index (κ1) is 34.3. The normalized spacial score (nSPS) is 16.7. The van der Waals surface area contributed by atoms with E-state index < -0.39 is 21.2 Å². The summed E-state index contributed by atoms with van der Waals surface area (Å²) in [6.07, 6.45) is 6.02. The molecule has 36 heavy (non-hydrogen) atoms. The monoisotopic (exact) mass is 557 g/mol. The molecule has 1 fully saturated rings. The molecule has 1 N–H and O–H groups in total. The fourth-order valence-electron chi connectivity index (χ4n) is 4.55. The third-order valence-electron chi connectivity index (χ3n) is 6.35. The predicted octanol–water partition coefficient (Wildman–Crippen LogP) is 5.06. The number of nitrogens with zero attached hydrogens (tertiary/aromatic N) is 2. The van der Waals surface area contributed by atoms with Gasteiger partial charge in [-0.3, -0.25) is 22.2 Å². The summed E-state index contributed by atoms with van der Waals surface area (Å²) in [6, 6.07) is 10.5. The van der Waals surface area contributed by atoms with E-state index in [0.717, 1.165) is 55.9 Å². The SMILES string of the molecule is CCC(Cc1ccccc1)(C(O)=C1C(C)=CC(=[N+]2CCOCC2)C=C1C)N(C)C.F[B]F.F[B]F.[Zn]. The number of aliphatic hydroxyl groups is 1. The molecule has 4 nitrogen and oxygen atoms in total. The molecule has 11 heteroatoms. The molecule has 0 saturated carbocycles. The largest absolute Gasteiger partial charge is 0.577 e. The first-order chi connectivity index (χ1) is 16.7. The number of morpholine rings is 1. The van der Waals surface area contributed by atoms with E-state index in [1.54, 1.807) is 0 Å². The van der Waals surface area contributed by atoms with Gasteiger partial charge in [0, 0.05) is 37.2 Å². The smallest absolute Gasteiger partial charge is 0.510 e. The number of hydrogen-bond donors (Lipinski definition) is 1. The van der Waals surface area contributed by atoms with Crippen molar-refractivity contribution in [2.75, 3.05) is 40.4 Å². The fraction of sp³-hybridized carbons (Fsp3) is 0.480. The molecule has 0 amide bonds. The number of hydrogen-bond acceptors (Lipinski definition) is 3. The Hall–Kier alpha value is -1.70. The molecule has 0 bridgehead atoms. The Morgan fingerprint density at radius 2 is 1.47 bits per heavy atom. The molecule has 2 radical (unpaired) electrons. The van der Waals surface area contributed by atoms with Gasteiger partial charge in [-0.2, -0.15) is 0 Å². The molecule has 192 valence electrons. The number of aliphatic hydroxyl groups excluding tert-OH is 1. The van der Waals surface area contributed by atoms with E-state index in [4.69, 9.17) is 4.74 Å². The molecule has 1 heterocycles. The third kappa shape index (κ3) is 9.31. The maximum Gasteiger partial charge on any atom is 0.577 e. The van der Waals surface area contributed by atoms with Gasteiger partial charge in [0.1, 0.15) is 19.0 Å². The Morgan fingerprint density at radius 1 is 1.00 bits per heavy atom. The molecule has 2 aliphatic rings. The minimum absolute atomic E-state index is 0. The molecule has 0 aromatic heterocycles. The standard InChI is InChI=1S/C25H34N2O2.2BF2.Zn/c1-6-25(26(4)5,18-21-10-8-7-9-11-21)24(28)23-19(2)16-22(17-20(23)3)27-12-14-29-15-13-27;2*2-1-3;/h7-11,16-17H,6,12-15,18H2,1-5H3;;;/p+1. The molecule has 1 saturated heterocycles. The van der Waals surface area contributed by atoms with Crippen LogP contribution < -0.4 is 0 Å². The first-order valence-electron chi connectivity index (χ1n) is 11.5. The number of ether oxygens (including phenoxy) is 1. The molecule has 3 rings (SSSR count). The van der Waals surface area contributed by atoms with Crippen LogP contribution in [-0.2, 0) is 30.6 Å². The number of rotatable bonds is 5. The second-order valence-electron chi connectivity index (χ2n) is 8.51. The van der Waals surface area contributed by atoms with Crippen LogP contribution in [0.5, 0.6) is 0 Å².